The third kappa shape index (κ3) is 3.63. The zero-order valence-electron chi connectivity index (χ0n) is 15.8. The Morgan fingerprint density at radius 2 is 2.00 bits per heavy atom. The number of methoxy groups -OCH3 is 1. The van der Waals surface area contributed by atoms with Gasteiger partial charge in [0, 0.05) is 37.9 Å². The quantitative estimate of drug-likeness (QED) is 0.671. The van der Waals surface area contributed by atoms with Crippen molar-refractivity contribution in [2.45, 2.75) is 12.8 Å². The third-order valence-corrected chi connectivity index (χ3v) is 4.89. The van der Waals surface area contributed by atoms with E-state index in [1.807, 2.05) is 37.3 Å². The van der Waals surface area contributed by atoms with Gasteiger partial charge >= 0.3 is 0 Å². The molecule has 2 atom stereocenters. The lowest BCUT2D eigenvalue weighted by Crippen LogP contribution is -2.30. The number of rotatable bonds is 5. The lowest BCUT2D eigenvalue weighted by Gasteiger charge is -2.15. The Morgan fingerprint density at radius 1 is 1.18 bits per heavy atom. The number of aromatic nitrogens is 4. The summed E-state index contributed by atoms with van der Waals surface area (Å²) < 4.78 is 11.3. The first-order chi connectivity index (χ1) is 13.7. The first kappa shape index (κ1) is 18.2. The van der Waals surface area contributed by atoms with E-state index in [1.54, 1.807) is 18.2 Å². The summed E-state index contributed by atoms with van der Waals surface area (Å²) in [5, 5.41) is 8.43. The molecule has 144 valence electrons. The first-order valence-electron chi connectivity index (χ1n) is 9.11. The number of amides is 1. The van der Waals surface area contributed by atoms with E-state index in [0.717, 1.165) is 11.3 Å². The molecule has 1 aliphatic rings. The van der Waals surface area contributed by atoms with Crippen molar-refractivity contribution in [3.63, 3.8) is 0 Å². The van der Waals surface area contributed by atoms with Crippen LogP contribution in [-0.2, 0) is 4.74 Å². The molecule has 8 heteroatoms. The van der Waals surface area contributed by atoms with E-state index in [-0.39, 0.29) is 17.7 Å². The largest absolute Gasteiger partial charge is 0.420 e. The van der Waals surface area contributed by atoms with Crippen molar-refractivity contribution in [1.29, 1.82) is 0 Å². The minimum atomic E-state index is -0.154. The minimum Gasteiger partial charge on any atom is -0.420 e. The van der Waals surface area contributed by atoms with Gasteiger partial charge in [0.1, 0.15) is 5.69 Å². The van der Waals surface area contributed by atoms with E-state index >= 15 is 0 Å². The maximum Gasteiger partial charge on any atom is 0.274 e. The number of carbonyl (C=O) groups excluding carboxylic acids is 1. The fraction of sp³-hybridized carbons (Fsp3) is 0.350. The van der Waals surface area contributed by atoms with Crippen LogP contribution >= 0.6 is 0 Å². The molecule has 0 N–H and O–H groups in total. The number of likely N-dealkylation sites (tertiary alicyclic amines) is 1. The van der Waals surface area contributed by atoms with Gasteiger partial charge in [-0.25, -0.2) is 4.98 Å². The lowest BCUT2D eigenvalue weighted by molar-refractivity contribution is 0.0769. The fourth-order valence-electron chi connectivity index (χ4n) is 3.45. The van der Waals surface area contributed by atoms with E-state index in [0.29, 0.717) is 37.2 Å². The predicted octanol–water partition coefficient (Wildman–Crippen LogP) is 2.34. The predicted molar refractivity (Wildman–Crippen MR) is 101 cm³/mol. The normalized spacial score (nSPS) is 19.1. The van der Waals surface area contributed by atoms with E-state index in [1.165, 1.54) is 6.20 Å². The van der Waals surface area contributed by atoms with Gasteiger partial charge in [0.25, 0.3) is 5.91 Å². The van der Waals surface area contributed by atoms with E-state index < -0.39 is 0 Å². The van der Waals surface area contributed by atoms with Gasteiger partial charge in [0.15, 0.2) is 0 Å². The Balaban J connectivity index is 1.55. The maximum absolute atomic E-state index is 12.8. The van der Waals surface area contributed by atoms with Gasteiger partial charge in [0.05, 0.1) is 24.4 Å². The van der Waals surface area contributed by atoms with Gasteiger partial charge in [-0.15, -0.1) is 10.2 Å². The summed E-state index contributed by atoms with van der Waals surface area (Å²) in [6.07, 6.45) is 3.11. The van der Waals surface area contributed by atoms with Crippen LogP contribution < -0.4 is 0 Å². The molecular weight excluding hydrogens is 358 g/mol. The zero-order valence-corrected chi connectivity index (χ0v) is 15.8. The smallest absolute Gasteiger partial charge is 0.274 e. The Morgan fingerprint density at radius 3 is 2.71 bits per heavy atom. The third-order valence-electron chi connectivity index (χ3n) is 4.89. The molecular formula is C20H21N5O3. The number of hydrogen-bond donors (Lipinski definition) is 0. The van der Waals surface area contributed by atoms with Crippen LogP contribution in [0.2, 0.25) is 0 Å². The first-order valence-corrected chi connectivity index (χ1v) is 9.11. The molecule has 1 amide bonds. The Kier molecular flexibility index (Phi) is 5.12. The molecule has 0 aliphatic carbocycles. The van der Waals surface area contributed by atoms with Crippen LogP contribution in [0.25, 0.3) is 11.5 Å². The zero-order chi connectivity index (χ0) is 19.5. The van der Waals surface area contributed by atoms with Gasteiger partial charge in [-0.05, 0) is 19.1 Å². The highest BCUT2D eigenvalue weighted by atomic mass is 16.5. The second kappa shape index (κ2) is 7.85. The molecule has 8 nitrogen and oxygen atoms in total. The van der Waals surface area contributed by atoms with Crippen molar-refractivity contribution >= 4 is 5.91 Å². The summed E-state index contributed by atoms with van der Waals surface area (Å²) in [5.74, 6) is 0.815. The molecule has 0 radical (unpaired) electrons. The van der Waals surface area contributed by atoms with Crippen LogP contribution in [0.15, 0.2) is 47.1 Å². The fourth-order valence-corrected chi connectivity index (χ4v) is 3.45. The minimum absolute atomic E-state index is 0.0661. The summed E-state index contributed by atoms with van der Waals surface area (Å²) in [6.45, 7) is 3.34. The van der Waals surface area contributed by atoms with Crippen molar-refractivity contribution in [2.24, 2.45) is 5.92 Å². The SMILES string of the molecule is COC[C@@H]1CN(C(=O)c2cnc(C)cn2)C[C@H]1c1nnc(-c2ccccc2)o1. The molecule has 1 aromatic carbocycles. The number of hydrogen-bond acceptors (Lipinski definition) is 7. The summed E-state index contributed by atoms with van der Waals surface area (Å²) in [5.41, 5.74) is 1.97. The molecule has 0 spiro atoms. The Labute approximate surface area is 162 Å². The molecule has 0 bridgehead atoms. The van der Waals surface area contributed by atoms with Crippen molar-refractivity contribution in [2.75, 3.05) is 26.8 Å². The van der Waals surface area contributed by atoms with Crippen molar-refractivity contribution in [3.8, 4) is 11.5 Å². The molecule has 1 aliphatic heterocycles. The topological polar surface area (TPSA) is 94.2 Å². The van der Waals surface area contributed by atoms with Gasteiger partial charge < -0.3 is 14.1 Å². The Bertz CT molecular complexity index is 942. The monoisotopic (exact) mass is 379 g/mol. The molecule has 0 unspecified atom stereocenters. The molecule has 3 heterocycles. The van der Waals surface area contributed by atoms with Crippen molar-refractivity contribution in [3.05, 3.63) is 60.0 Å². The van der Waals surface area contributed by atoms with E-state index in [9.17, 15) is 4.79 Å². The number of benzene rings is 1. The van der Waals surface area contributed by atoms with Gasteiger partial charge in [-0.1, -0.05) is 18.2 Å². The number of aryl methyl sites for hydroxylation is 1. The maximum atomic E-state index is 12.8. The van der Waals surface area contributed by atoms with Crippen molar-refractivity contribution < 1.29 is 13.9 Å². The van der Waals surface area contributed by atoms with E-state index in [4.69, 9.17) is 9.15 Å². The second-order valence-corrected chi connectivity index (χ2v) is 6.89. The van der Waals surface area contributed by atoms with Gasteiger partial charge in [-0.2, -0.15) is 0 Å². The van der Waals surface area contributed by atoms with Gasteiger partial charge in [-0.3, -0.25) is 9.78 Å². The van der Waals surface area contributed by atoms with E-state index in [2.05, 4.69) is 20.2 Å². The highest BCUT2D eigenvalue weighted by Gasteiger charge is 2.40. The molecule has 0 saturated carbocycles. The van der Waals surface area contributed by atoms with Crippen LogP contribution in [0.1, 0.15) is 28.0 Å². The van der Waals surface area contributed by atoms with Crippen molar-refractivity contribution in [1.82, 2.24) is 25.1 Å². The average Bonchev–Trinajstić information content (AvgIpc) is 3.36. The molecule has 3 aromatic rings. The molecule has 4 rings (SSSR count). The summed E-state index contributed by atoms with van der Waals surface area (Å²) in [6, 6.07) is 9.62. The van der Waals surface area contributed by atoms with Gasteiger partial charge in [0.2, 0.25) is 11.8 Å². The van der Waals surface area contributed by atoms with Crippen LogP contribution in [-0.4, -0.2) is 57.8 Å². The molecule has 28 heavy (non-hydrogen) atoms. The second-order valence-electron chi connectivity index (χ2n) is 6.89. The van der Waals surface area contributed by atoms with Crippen LogP contribution in [0.3, 0.4) is 0 Å². The van der Waals surface area contributed by atoms with Crippen LogP contribution in [0.4, 0.5) is 0 Å². The highest BCUT2D eigenvalue weighted by Crippen LogP contribution is 2.34. The number of ether oxygens (including phenoxy) is 1. The van der Waals surface area contributed by atoms with Crippen LogP contribution in [0, 0.1) is 12.8 Å². The number of carbonyl (C=O) groups is 1. The summed E-state index contributed by atoms with van der Waals surface area (Å²) in [4.78, 5) is 22.9. The lowest BCUT2D eigenvalue weighted by atomic mass is 9.97. The highest BCUT2D eigenvalue weighted by molar-refractivity contribution is 5.92. The molecule has 1 fully saturated rings. The number of nitrogens with zero attached hydrogens (tertiary/aromatic N) is 5. The van der Waals surface area contributed by atoms with Crippen LogP contribution in [0.5, 0.6) is 0 Å². The average molecular weight is 379 g/mol. The molecule has 1 saturated heterocycles. The standard InChI is InChI=1S/C20H21N5O3/c1-13-8-22-17(9-21-13)20(26)25-10-15(12-27-2)16(11-25)19-24-23-18(28-19)14-6-4-3-5-7-14/h3-9,15-16H,10-12H2,1-2H3/t15-,16+/m0/s1. The summed E-state index contributed by atoms with van der Waals surface area (Å²) >= 11 is 0. The Hall–Kier alpha value is -3.13. The molecule has 2 aromatic heterocycles. The summed E-state index contributed by atoms with van der Waals surface area (Å²) in [7, 11) is 1.65.